The van der Waals surface area contributed by atoms with Crippen LogP contribution in [0.5, 0.6) is 0 Å². The zero-order valence-corrected chi connectivity index (χ0v) is 11.3. The summed E-state index contributed by atoms with van der Waals surface area (Å²) in [6.07, 6.45) is -0.578. The van der Waals surface area contributed by atoms with E-state index in [2.05, 4.69) is 21.2 Å². The number of amides is 1. The Morgan fingerprint density at radius 1 is 1.35 bits per heavy atom. The van der Waals surface area contributed by atoms with E-state index in [4.69, 9.17) is 4.74 Å². The van der Waals surface area contributed by atoms with E-state index in [1.807, 2.05) is 0 Å². The van der Waals surface area contributed by atoms with Crippen molar-refractivity contribution < 1.29 is 14.3 Å². The third kappa shape index (κ3) is 4.19. The molecular formula is C12H14BrNO3. The molecular weight excluding hydrogens is 286 g/mol. The monoisotopic (exact) mass is 299 g/mol. The maximum atomic E-state index is 11.9. The average Bonchev–Trinajstić information content (AvgIpc) is 2.29. The fourth-order valence-electron chi connectivity index (χ4n) is 1.28. The van der Waals surface area contributed by atoms with Crippen molar-refractivity contribution in [2.75, 3.05) is 6.61 Å². The second-order valence-corrected chi connectivity index (χ2v) is 4.37. The number of alkyl carbamates (subject to hydrolysis) is 1. The molecule has 0 radical (unpaired) electrons. The second-order valence-electron chi connectivity index (χ2n) is 3.46. The highest BCUT2D eigenvalue weighted by molar-refractivity contribution is 9.10. The molecule has 0 aliphatic heterocycles. The van der Waals surface area contributed by atoms with E-state index in [9.17, 15) is 9.59 Å². The van der Waals surface area contributed by atoms with Crippen LogP contribution in [0.2, 0.25) is 0 Å². The summed E-state index contributed by atoms with van der Waals surface area (Å²) in [5.41, 5.74) is 0.553. The summed E-state index contributed by atoms with van der Waals surface area (Å²) in [6.45, 7) is 3.62. The van der Waals surface area contributed by atoms with Crippen LogP contribution >= 0.6 is 15.9 Å². The molecule has 4 nitrogen and oxygen atoms in total. The lowest BCUT2D eigenvalue weighted by Crippen LogP contribution is -2.38. The first kappa shape index (κ1) is 13.7. The molecule has 0 saturated carbocycles. The summed E-state index contributed by atoms with van der Waals surface area (Å²) in [7, 11) is 0. The molecule has 0 spiro atoms. The Morgan fingerprint density at radius 2 is 1.94 bits per heavy atom. The molecule has 0 fully saturated rings. The smallest absolute Gasteiger partial charge is 0.407 e. The highest BCUT2D eigenvalue weighted by atomic mass is 79.9. The summed E-state index contributed by atoms with van der Waals surface area (Å²) in [5.74, 6) is -0.148. The lowest BCUT2D eigenvalue weighted by atomic mass is 10.1. The molecule has 5 heteroatoms. The van der Waals surface area contributed by atoms with Crippen LogP contribution in [0.4, 0.5) is 4.79 Å². The van der Waals surface area contributed by atoms with Gasteiger partial charge >= 0.3 is 6.09 Å². The molecule has 17 heavy (non-hydrogen) atoms. The van der Waals surface area contributed by atoms with Crippen molar-refractivity contribution in [2.45, 2.75) is 19.9 Å². The first-order valence-electron chi connectivity index (χ1n) is 5.27. The molecule has 0 saturated heterocycles. The number of rotatable bonds is 4. The number of ketones is 1. The van der Waals surface area contributed by atoms with Crippen molar-refractivity contribution in [2.24, 2.45) is 0 Å². The summed E-state index contributed by atoms with van der Waals surface area (Å²) in [4.78, 5) is 23.1. The van der Waals surface area contributed by atoms with Crippen molar-refractivity contribution in [3.8, 4) is 0 Å². The molecule has 1 aromatic carbocycles. The number of hydrogen-bond donors (Lipinski definition) is 1. The van der Waals surface area contributed by atoms with Gasteiger partial charge in [0.05, 0.1) is 12.6 Å². The Bertz CT molecular complexity index is 403. The molecule has 0 heterocycles. The maximum absolute atomic E-state index is 11.9. The molecule has 1 unspecified atom stereocenters. The van der Waals surface area contributed by atoms with Gasteiger partial charge in [-0.15, -0.1) is 0 Å². The quantitative estimate of drug-likeness (QED) is 0.870. The van der Waals surface area contributed by atoms with Gasteiger partial charge in [0, 0.05) is 10.0 Å². The second kappa shape index (κ2) is 6.39. The highest BCUT2D eigenvalue weighted by Gasteiger charge is 2.17. The van der Waals surface area contributed by atoms with Crippen LogP contribution in [0, 0.1) is 0 Å². The number of carbonyl (C=O) groups excluding carboxylic acids is 2. The first-order chi connectivity index (χ1) is 8.04. The van der Waals surface area contributed by atoms with Gasteiger partial charge in [-0.3, -0.25) is 4.79 Å². The van der Waals surface area contributed by atoms with E-state index < -0.39 is 12.1 Å². The van der Waals surface area contributed by atoms with E-state index >= 15 is 0 Å². The number of halogens is 1. The SMILES string of the molecule is CCOC(=O)NC(C)C(=O)c1ccc(Br)cc1. The zero-order chi connectivity index (χ0) is 12.8. The van der Waals surface area contributed by atoms with Crippen molar-refractivity contribution in [3.05, 3.63) is 34.3 Å². The van der Waals surface area contributed by atoms with Gasteiger partial charge in [-0.1, -0.05) is 28.1 Å². The fraction of sp³-hybridized carbons (Fsp3) is 0.333. The van der Waals surface area contributed by atoms with Crippen molar-refractivity contribution >= 4 is 27.8 Å². The molecule has 0 bridgehead atoms. The largest absolute Gasteiger partial charge is 0.450 e. The van der Waals surface area contributed by atoms with Crippen LogP contribution < -0.4 is 5.32 Å². The number of carbonyl (C=O) groups is 2. The Morgan fingerprint density at radius 3 is 2.47 bits per heavy atom. The predicted octanol–water partition coefficient (Wildman–Crippen LogP) is 2.77. The Labute approximate surface area is 108 Å². The van der Waals surface area contributed by atoms with E-state index in [0.717, 1.165) is 4.47 Å². The summed E-state index contributed by atoms with van der Waals surface area (Å²) in [6, 6.07) is 6.37. The Balaban J connectivity index is 2.63. The van der Waals surface area contributed by atoms with Crippen LogP contribution in [0.15, 0.2) is 28.7 Å². The van der Waals surface area contributed by atoms with Crippen LogP contribution in [-0.4, -0.2) is 24.5 Å². The van der Waals surface area contributed by atoms with Crippen molar-refractivity contribution in [1.29, 1.82) is 0 Å². The lowest BCUT2D eigenvalue weighted by molar-refractivity contribution is 0.0933. The maximum Gasteiger partial charge on any atom is 0.407 e. The highest BCUT2D eigenvalue weighted by Crippen LogP contribution is 2.12. The van der Waals surface area contributed by atoms with Gasteiger partial charge in [-0.25, -0.2) is 4.79 Å². The van der Waals surface area contributed by atoms with Crippen LogP contribution in [0.1, 0.15) is 24.2 Å². The van der Waals surface area contributed by atoms with Crippen LogP contribution in [0.3, 0.4) is 0 Å². The lowest BCUT2D eigenvalue weighted by Gasteiger charge is -2.12. The Kier molecular flexibility index (Phi) is 5.15. The van der Waals surface area contributed by atoms with Gasteiger partial charge in [-0.2, -0.15) is 0 Å². The van der Waals surface area contributed by atoms with E-state index in [1.165, 1.54) is 0 Å². The standard InChI is InChI=1S/C12H14BrNO3/c1-3-17-12(16)14-8(2)11(15)9-4-6-10(13)7-5-9/h4-8H,3H2,1-2H3,(H,14,16). The number of nitrogens with one attached hydrogen (secondary N) is 1. The van der Waals surface area contributed by atoms with Gasteiger partial charge in [0.2, 0.25) is 0 Å². The molecule has 1 amide bonds. The van der Waals surface area contributed by atoms with E-state index in [1.54, 1.807) is 38.1 Å². The van der Waals surface area contributed by atoms with Crippen LogP contribution in [-0.2, 0) is 4.74 Å². The topological polar surface area (TPSA) is 55.4 Å². The third-order valence-electron chi connectivity index (χ3n) is 2.13. The van der Waals surface area contributed by atoms with Crippen molar-refractivity contribution in [1.82, 2.24) is 5.32 Å². The molecule has 1 rings (SSSR count). The summed E-state index contributed by atoms with van der Waals surface area (Å²) >= 11 is 3.29. The summed E-state index contributed by atoms with van der Waals surface area (Å²) < 4.78 is 5.61. The summed E-state index contributed by atoms with van der Waals surface area (Å²) in [5, 5.41) is 2.47. The minimum Gasteiger partial charge on any atom is -0.450 e. The minimum atomic E-state index is -0.602. The van der Waals surface area contributed by atoms with Crippen LogP contribution in [0.25, 0.3) is 0 Å². The molecule has 0 aromatic heterocycles. The minimum absolute atomic E-state index is 0.148. The molecule has 1 aromatic rings. The van der Waals surface area contributed by atoms with Crippen molar-refractivity contribution in [3.63, 3.8) is 0 Å². The van der Waals surface area contributed by atoms with E-state index in [0.29, 0.717) is 5.56 Å². The molecule has 1 atom stereocenters. The molecule has 0 aliphatic rings. The predicted molar refractivity (Wildman–Crippen MR) is 68.1 cm³/mol. The van der Waals surface area contributed by atoms with Gasteiger partial charge in [-0.05, 0) is 26.0 Å². The number of benzene rings is 1. The van der Waals surface area contributed by atoms with E-state index in [-0.39, 0.29) is 12.4 Å². The first-order valence-corrected chi connectivity index (χ1v) is 6.07. The van der Waals surface area contributed by atoms with Gasteiger partial charge in [0.15, 0.2) is 5.78 Å². The number of Topliss-reactive ketones (excluding diaryl/α,β-unsaturated/α-hetero) is 1. The third-order valence-corrected chi connectivity index (χ3v) is 2.66. The molecule has 92 valence electrons. The average molecular weight is 300 g/mol. The normalized spacial score (nSPS) is 11.7. The van der Waals surface area contributed by atoms with Gasteiger partial charge in [0.1, 0.15) is 0 Å². The fourth-order valence-corrected chi connectivity index (χ4v) is 1.54. The molecule has 0 aliphatic carbocycles. The van der Waals surface area contributed by atoms with Gasteiger partial charge < -0.3 is 10.1 Å². The Hall–Kier alpha value is -1.36. The number of ether oxygens (including phenoxy) is 1. The zero-order valence-electron chi connectivity index (χ0n) is 9.70. The molecule has 1 N–H and O–H groups in total. The van der Waals surface area contributed by atoms with Gasteiger partial charge in [0.25, 0.3) is 0 Å². The number of hydrogen-bond acceptors (Lipinski definition) is 3.